The lowest BCUT2D eigenvalue weighted by atomic mass is 10.2. The molecular formula is C10H16N4O4. The number of nitro groups is 1. The molecule has 0 aliphatic rings. The second kappa shape index (κ2) is 6.70. The van der Waals surface area contributed by atoms with Crippen molar-refractivity contribution in [3.8, 4) is 0 Å². The summed E-state index contributed by atoms with van der Waals surface area (Å²) < 4.78 is 1.35. The molecule has 1 aromatic rings. The van der Waals surface area contributed by atoms with Crippen molar-refractivity contribution in [2.24, 2.45) is 5.92 Å². The van der Waals surface area contributed by atoms with Crippen molar-refractivity contribution in [3.05, 3.63) is 22.5 Å². The molecule has 0 aromatic carbocycles. The molecule has 0 bridgehead atoms. The maximum Gasteiger partial charge on any atom is 0.306 e. The maximum absolute atomic E-state index is 11.4. The second-order valence-corrected chi connectivity index (χ2v) is 4.06. The third-order valence-electron chi connectivity index (χ3n) is 2.36. The van der Waals surface area contributed by atoms with Crippen LogP contribution in [-0.2, 0) is 11.3 Å². The van der Waals surface area contributed by atoms with Crippen LogP contribution in [0.1, 0.15) is 13.3 Å². The number of nitrogens with one attached hydrogen (secondary N) is 1. The summed E-state index contributed by atoms with van der Waals surface area (Å²) >= 11 is 0. The van der Waals surface area contributed by atoms with E-state index in [-0.39, 0.29) is 37.1 Å². The lowest BCUT2D eigenvalue weighted by Crippen LogP contribution is -2.30. The number of rotatable bonds is 7. The fourth-order valence-corrected chi connectivity index (χ4v) is 1.23. The highest BCUT2D eigenvalue weighted by Crippen LogP contribution is 2.07. The molecule has 8 heteroatoms. The molecule has 0 aliphatic heterocycles. The molecule has 100 valence electrons. The van der Waals surface area contributed by atoms with Crippen molar-refractivity contribution in [3.63, 3.8) is 0 Å². The smallest absolute Gasteiger partial charge is 0.306 e. The Morgan fingerprint density at radius 1 is 1.72 bits per heavy atom. The summed E-state index contributed by atoms with van der Waals surface area (Å²) in [6.07, 6.45) is 2.62. The van der Waals surface area contributed by atoms with Gasteiger partial charge in [0.05, 0.1) is 4.92 Å². The number of aliphatic hydroxyl groups excluding tert-OH is 1. The number of hydrogen-bond donors (Lipinski definition) is 2. The molecule has 0 saturated carbocycles. The van der Waals surface area contributed by atoms with E-state index in [9.17, 15) is 14.9 Å². The standard InChI is InChI=1S/C10H16N4O4/c1-8(7-15)4-11-10(16)2-3-13-6-9(5-12-13)14(17)18/h5-6,8,15H,2-4,7H2,1H3,(H,11,16). The van der Waals surface area contributed by atoms with E-state index in [1.807, 2.05) is 6.92 Å². The lowest BCUT2D eigenvalue weighted by Gasteiger charge is -2.09. The van der Waals surface area contributed by atoms with Gasteiger partial charge in [0.25, 0.3) is 0 Å². The average molecular weight is 256 g/mol. The van der Waals surface area contributed by atoms with Crippen LogP contribution in [0.15, 0.2) is 12.4 Å². The van der Waals surface area contributed by atoms with Gasteiger partial charge >= 0.3 is 5.69 Å². The van der Waals surface area contributed by atoms with E-state index in [1.54, 1.807) is 0 Å². The van der Waals surface area contributed by atoms with Crippen molar-refractivity contribution in [1.29, 1.82) is 0 Å². The molecule has 0 spiro atoms. The summed E-state index contributed by atoms with van der Waals surface area (Å²) in [4.78, 5) is 21.3. The zero-order valence-electron chi connectivity index (χ0n) is 10.1. The molecule has 18 heavy (non-hydrogen) atoms. The second-order valence-electron chi connectivity index (χ2n) is 4.06. The van der Waals surface area contributed by atoms with Gasteiger partial charge in [-0.2, -0.15) is 5.10 Å². The van der Waals surface area contributed by atoms with Gasteiger partial charge in [-0.1, -0.05) is 6.92 Å². The highest BCUT2D eigenvalue weighted by molar-refractivity contribution is 5.75. The Balaban J connectivity index is 2.31. The molecule has 1 heterocycles. The number of nitrogens with zero attached hydrogens (tertiary/aromatic N) is 3. The van der Waals surface area contributed by atoms with E-state index in [0.29, 0.717) is 6.54 Å². The Morgan fingerprint density at radius 2 is 2.44 bits per heavy atom. The molecule has 0 aliphatic carbocycles. The minimum absolute atomic E-state index is 0.0136. The van der Waals surface area contributed by atoms with Crippen molar-refractivity contribution in [2.75, 3.05) is 13.2 Å². The molecule has 0 fully saturated rings. The van der Waals surface area contributed by atoms with Crippen LogP contribution in [0.5, 0.6) is 0 Å². The lowest BCUT2D eigenvalue weighted by molar-refractivity contribution is -0.385. The first-order valence-corrected chi connectivity index (χ1v) is 5.57. The predicted molar refractivity (Wildman–Crippen MR) is 62.8 cm³/mol. The Kier molecular flexibility index (Phi) is 5.25. The largest absolute Gasteiger partial charge is 0.396 e. The van der Waals surface area contributed by atoms with E-state index in [0.717, 1.165) is 6.20 Å². The number of aliphatic hydroxyl groups is 1. The van der Waals surface area contributed by atoms with Crippen LogP contribution < -0.4 is 5.32 Å². The number of aromatic nitrogens is 2. The molecule has 8 nitrogen and oxygen atoms in total. The van der Waals surface area contributed by atoms with Crippen molar-refractivity contribution in [2.45, 2.75) is 19.9 Å². The van der Waals surface area contributed by atoms with Crippen LogP contribution in [0.3, 0.4) is 0 Å². The summed E-state index contributed by atoms with van der Waals surface area (Å²) in [6, 6.07) is 0. The minimum atomic E-state index is -0.535. The summed E-state index contributed by atoms with van der Waals surface area (Å²) in [5.41, 5.74) is -0.0932. The Labute approximate surface area is 104 Å². The summed E-state index contributed by atoms with van der Waals surface area (Å²) in [5.74, 6) is -0.159. The maximum atomic E-state index is 11.4. The van der Waals surface area contributed by atoms with E-state index in [4.69, 9.17) is 5.11 Å². The van der Waals surface area contributed by atoms with E-state index in [1.165, 1.54) is 10.9 Å². The Hall–Kier alpha value is -1.96. The predicted octanol–water partition coefficient (Wildman–Crippen LogP) is -0.0740. The normalized spacial score (nSPS) is 12.1. The zero-order chi connectivity index (χ0) is 13.5. The van der Waals surface area contributed by atoms with Gasteiger partial charge < -0.3 is 10.4 Å². The van der Waals surface area contributed by atoms with E-state index in [2.05, 4.69) is 10.4 Å². The van der Waals surface area contributed by atoms with Crippen LogP contribution in [0.2, 0.25) is 0 Å². The first-order chi connectivity index (χ1) is 8.52. The monoisotopic (exact) mass is 256 g/mol. The summed E-state index contributed by atoms with van der Waals surface area (Å²) in [7, 11) is 0. The SMILES string of the molecule is CC(CO)CNC(=O)CCn1cc([N+](=O)[O-])cn1. The summed E-state index contributed by atoms with van der Waals surface area (Å²) in [6.45, 7) is 2.53. The van der Waals surface area contributed by atoms with Gasteiger partial charge in [0.15, 0.2) is 0 Å². The first-order valence-electron chi connectivity index (χ1n) is 5.57. The van der Waals surface area contributed by atoms with Crippen LogP contribution in [0.25, 0.3) is 0 Å². The Morgan fingerprint density at radius 3 is 3.00 bits per heavy atom. The molecule has 1 aromatic heterocycles. The quantitative estimate of drug-likeness (QED) is 0.524. The van der Waals surface area contributed by atoms with E-state index >= 15 is 0 Å². The third kappa shape index (κ3) is 4.50. The molecule has 0 radical (unpaired) electrons. The van der Waals surface area contributed by atoms with Crippen LogP contribution in [0, 0.1) is 16.0 Å². The number of aryl methyl sites for hydroxylation is 1. The average Bonchev–Trinajstić information content (AvgIpc) is 2.82. The van der Waals surface area contributed by atoms with Crippen LogP contribution >= 0.6 is 0 Å². The fraction of sp³-hybridized carbons (Fsp3) is 0.600. The third-order valence-corrected chi connectivity index (χ3v) is 2.36. The molecule has 1 atom stereocenters. The fourth-order valence-electron chi connectivity index (χ4n) is 1.23. The van der Waals surface area contributed by atoms with Gasteiger partial charge in [-0.25, -0.2) is 0 Å². The van der Waals surface area contributed by atoms with E-state index < -0.39 is 4.92 Å². The van der Waals surface area contributed by atoms with Crippen molar-refractivity contribution < 1.29 is 14.8 Å². The number of carbonyl (C=O) groups is 1. The van der Waals surface area contributed by atoms with Gasteiger partial charge in [0.1, 0.15) is 12.4 Å². The van der Waals surface area contributed by atoms with Gasteiger partial charge in [0, 0.05) is 26.1 Å². The minimum Gasteiger partial charge on any atom is -0.396 e. The van der Waals surface area contributed by atoms with Gasteiger partial charge in [-0.15, -0.1) is 0 Å². The van der Waals surface area contributed by atoms with Gasteiger partial charge in [0.2, 0.25) is 5.91 Å². The number of carbonyl (C=O) groups excluding carboxylic acids is 1. The molecule has 0 saturated heterocycles. The highest BCUT2D eigenvalue weighted by Gasteiger charge is 2.10. The van der Waals surface area contributed by atoms with Crippen molar-refractivity contribution in [1.82, 2.24) is 15.1 Å². The van der Waals surface area contributed by atoms with Crippen LogP contribution in [0.4, 0.5) is 5.69 Å². The molecule has 1 unspecified atom stereocenters. The number of amides is 1. The number of hydrogen-bond acceptors (Lipinski definition) is 5. The molecular weight excluding hydrogens is 240 g/mol. The first kappa shape index (κ1) is 14.1. The zero-order valence-corrected chi connectivity index (χ0v) is 10.1. The highest BCUT2D eigenvalue weighted by atomic mass is 16.6. The van der Waals surface area contributed by atoms with Gasteiger partial charge in [-0.3, -0.25) is 19.6 Å². The molecule has 2 N–H and O–H groups in total. The van der Waals surface area contributed by atoms with Crippen LogP contribution in [-0.4, -0.2) is 38.9 Å². The molecule has 1 amide bonds. The van der Waals surface area contributed by atoms with Gasteiger partial charge in [-0.05, 0) is 5.92 Å². The molecule has 1 rings (SSSR count). The summed E-state index contributed by atoms with van der Waals surface area (Å²) in [5, 5.41) is 25.6. The Bertz CT molecular complexity index is 418. The van der Waals surface area contributed by atoms with Crippen molar-refractivity contribution >= 4 is 11.6 Å². The topological polar surface area (TPSA) is 110 Å².